The molecule has 0 unspecified atom stereocenters. The van der Waals surface area contributed by atoms with E-state index in [0.717, 1.165) is 4.88 Å². The number of carbonyl (C=O) groups is 1. The van der Waals surface area contributed by atoms with Crippen molar-refractivity contribution in [3.63, 3.8) is 0 Å². The summed E-state index contributed by atoms with van der Waals surface area (Å²) in [6.07, 6.45) is 0. The lowest BCUT2D eigenvalue weighted by Crippen LogP contribution is -2.27. The Morgan fingerprint density at radius 2 is 2.10 bits per heavy atom. The molecule has 0 fully saturated rings. The Bertz CT molecular complexity index is 602. The molecule has 1 aromatic heterocycles. The molecule has 1 heterocycles. The molecule has 20 heavy (non-hydrogen) atoms. The van der Waals surface area contributed by atoms with E-state index in [0.29, 0.717) is 15.8 Å². The van der Waals surface area contributed by atoms with Gasteiger partial charge in [0.1, 0.15) is 5.82 Å². The van der Waals surface area contributed by atoms with Crippen LogP contribution in [0.2, 0.25) is 4.34 Å². The average molecular weight is 330 g/mol. The number of nitrogens with zero attached hydrogens (tertiary/aromatic N) is 1. The molecule has 0 spiro atoms. The first-order chi connectivity index (χ1) is 9.56. The molecule has 2 aromatic rings. The van der Waals surface area contributed by atoms with Crippen LogP contribution < -0.4 is 0 Å². The summed E-state index contributed by atoms with van der Waals surface area (Å²) in [5, 5.41) is 0. The van der Waals surface area contributed by atoms with Crippen molar-refractivity contribution in [2.24, 2.45) is 0 Å². The Balaban J connectivity index is 1.87. The minimum absolute atomic E-state index is 0.0391. The maximum absolute atomic E-state index is 13.4. The number of thioether (sulfide) groups is 1. The molecule has 0 atom stereocenters. The lowest BCUT2D eigenvalue weighted by Gasteiger charge is -2.16. The monoisotopic (exact) mass is 329 g/mol. The predicted molar refractivity (Wildman–Crippen MR) is 82.9 cm³/mol. The Kier molecular flexibility index (Phi) is 5.46. The van der Waals surface area contributed by atoms with Gasteiger partial charge in [-0.2, -0.15) is 0 Å². The molecule has 1 aromatic carbocycles. The van der Waals surface area contributed by atoms with Crippen molar-refractivity contribution >= 4 is 40.6 Å². The summed E-state index contributed by atoms with van der Waals surface area (Å²) < 4.78 is 14.1. The molecule has 2 nitrogen and oxygen atoms in total. The Morgan fingerprint density at radius 1 is 1.35 bits per heavy atom. The summed E-state index contributed by atoms with van der Waals surface area (Å²) in [5.74, 6) is -0.114. The summed E-state index contributed by atoms with van der Waals surface area (Å²) in [6, 6.07) is 10.2. The number of amides is 1. The van der Waals surface area contributed by atoms with E-state index < -0.39 is 0 Å². The van der Waals surface area contributed by atoms with Gasteiger partial charge in [0.2, 0.25) is 5.91 Å². The van der Waals surface area contributed by atoms with Gasteiger partial charge in [-0.3, -0.25) is 4.79 Å². The van der Waals surface area contributed by atoms with Gasteiger partial charge < -0.3 is 4.90 Å². The number of halogens is 2. The number of hydrogen-bond acceptors (Lipinski definition) is 3. The predicted octanol–water partition coefficient (Wildman–Crippen LogP) is 4.29. The first kappa shape index (κ1) is 15.4. The molecular formula is C14H13ClFNOS2. The van der Waals surface area contributed by atoms with Crippen molar-refractivity contribution in [3.05, 3.63) is 51.4 Å². The third-order valence-corrected chi connectivity index (χ3v) is 4.88. The van der Waals surface area contributed by atoms with Crippen LogP contribution >= 0.6 is 34.7 Å². The molecule has 2 rings (SSSR count). The second kappa shape index (κ2) is 7.11. The van der Waals surface area contributed by atoms with Gasteiger partial charge in [0, 0.05) is 16.8 Å². The minimum Gasteiger partial charge on any atom is -0.340 e. The number of benzene rings is 1. The van der Waals surface area contributed by atoms with Crippen LogP contribution in [0.5, 0.6) is 0 Å². The van der Waals surface area contributed by atoms with Crippen molar-refractivity contribution in [1.29, 1.82) is 0 Å². The Hall–Kier alpha value is -1.04. The van der Waals surface area contributed by atoms with E-state index in [9.17, 15) is 9.18 Å². The van der Waals surface area contributed by atoms with E-state index in [1.807, 2.05) is 12.1 Å². The van der Waals surface area contributed by atoms with Crippen molar-refractivity contribution in [2.45, 2.75) is 11.4 Å². The molecule has 0 aliphatic rings. The maximum atomic E-state index is 13.4. The molecular weight excluding hydrogens is 317 g/mol. The summed E-state index contributed by atoms with van der Waals surface area (Å²) in [7, 11) is 1.73. The number of thiophene rings is 1. The van der Waals surface area contributed by atoms with Crippen molar-refractivity contribution < 1.29 is 9.18 Å². The Morgan fingerprint density at radius 3 is 2.75 bits per heavy atom. The van der Waals surface area contributed by atoms with E-state index in [4.69, 9.17) is 11.6 Å². The summed E-state index contributed by atoms with van der Waals surface area (Å²) in [4.78, 5) is 15.1. The van der Waals surface area contributed by atoms with Crippen LogP contribution in [0.1, 0.15) is 4.88 Å². The zero-order valence-corrected chi connectivity index (χ0v) is 13.2. The smallest absolute Gasteiger partial charge is 0.233 e. The van der Waals surface area contributed by atoms with E-state index in [1.165, 1.54) is 29.2 Å². The van der Waals surface area contributed by atoms with Gasteiger partial charge in [-0.05, 0) is 24.3 Å². The molecule has 0 bridgehead atoms. The van der Waals surface area contributed by atoms with Crippen molar-refractivity contribution in [3.8, 4) is 0 Å². The summed E-state index contributed by atoms with van der Waals surface area (Å²) >= 11 is 8.52. The molecule has 0 aliphatic carbocycles. The fraction of sp³-hybridized carbons (Fsp3) is 0.214. The highest BCUT2D eigenvalue weighted by molar-refractivity contribution is 8.00. The number of hydrogen-bond donors (Lipinski definition) is 0. The van der Waals surface area contributed by atoms with Gasteiger partial charge in [-0.15, -0.1) is 23.1 Å². The molecule has 6 heteroatoms. The van der Waals surface area contributed by atoms with Gasteiger partial charge in [0.05, 0.1) is 16.6 Å². The van der Waals surface area contributed by atoms with Crippen LogP contribution in [0.15, 0.2) is 41.3 Å². The van der Waals surface area contributed by atoms with Crippen molar-refractivity contribution in [2.75, 3.05) is 12.8 Å². The van der Waals surface area contributed by atoms with E-state index in [-0.39, 0.29) is 17.5 Å². The van der Waals surface area contributed by atoms with E-state index in [2.05, 4.69) is 0 Å². The highest BCUT2D eigenvalue weighted by Gasteiger charge is 2.12. The molecule has 1 amide bonds. The highest BCUT2D eigenvalue weighted by atomic mass is 35.5. The lowest BCUT2D eigenvalue weighted by atomic mass is 10.3. The molecule has 0 saturated heterocycles. The Labute approximate surface area is 130 Å². The van der Waals surface area contributed by atoms with Gasteiger partial charge in [0.25, 0.3) is 0 Å². The van der Waals surface area contributed by atoms with Gasteiger partial charge in [0.15, 0.2) is 0 Å². The van der Waals surface area contributed by atoms with Crippen LogP contribution in [0, 0.1) is 5.82 Å². The van der Waals surface area contributed by atoms with Gasteiger partial charge in [-0.1, -0.05) is 23.7 Å². The number of rotatable bonds is 5. The first-order valence-corrected chi connectivity index (χ1v) is 8.10. The maximum Gasteiger partial charge on any atom is 0.233 e. The normalized spacial score (nSPS) is 10.6. The van der Waals surface area contributed by atoms with Gasteiger partial charge in [-0.25, -0.2) is 4.39 Å². The van der Waals surface area contributed by atoms with Crippen LogP contribution in [-0.2, 0) is 11.3 Å². The molecule has 106 valence electrons. The average Bonchev–Trinajstić information content (AvgIpc) is 2.82. The third kappa shape index (κ3) is 4.23. The van der Waals surface area contributed by atoms with Crippen LogP contribution in [0.25, 0.3) is 0 Å². The zero-order chi connectivity index (χ0) is 14.5. The van der Waals surface area contributed by atoms with E-state index >= 15 is 0 Å². The summed E-state index contributed by atoms with van der Waals surface area (Å²) in [5.41, 5.74) is 0. The topological polar surface area (TPSA) is 20.3 Å². The largest absolute Gasteiger partial charge is 0.340 e. The summed E-state index contributed by atoms with van der Waals surface area (Å²) in [6.45, 7) is 0.522. The second-order valence-corrected chi connectivity index (χ2v) is 6.99. The third-order valence-electron chi connectivity index (χ3n) is 2.64. The SMILES string of the molecule is CN(Cc1ccc(Cl)s1)C(=O)CSc1ccccc1F. The second-order valence-electron chi connectivity index (χ2n) is 4.17. The van der Waals surface area contributed by atoms with Crippen LogP contribution in [0.3, 0.4) is 0 Å². The minimum atomic E-state index is -0.294. The zero-order valence-electron chi connectivity index (χ0n) is 10.8. The van der Waals surface area contributed by atoms with Crippen LogP contribution in [-0.4, -0.2) is 23.6 Å². The molecule has 0 radical (unpaired) electrons. The van der Waals surface area contributed by atoms with Crippen molar-refractivity contribution in [1.82, 2.24) is 4.90 Å². The van der Waals surface area contributed by atoms with Crippen LogP contribution in [0.4, 0.5) is 4.39 Å². The van der Waals surface area contributed by atoms with Gasteiger partial charge >= 0.3 is 0 Å². The standard InChI is InChI=1S/C14H13ClFNOS2/c1-17(8-10-6-7-13(15)20-10)14(18)9-19-12-5-3-2-4-11(12)16/h2-7H,8-9H2,1H3. The fourth-order valence-electron chi connectivity index (χ4n) is 1.57. The number of carbonyl (C=O) groups excluding carboxylic acids is 1. The first-order valence-electron chi connectivity index (χ1n) is 5.92. The molecule has 0 saturated carbocycles. The highest BCUT2D eigenvalue weighted by Crippen LogP contribution is 2.24. The quantitative estimate of drug-likeness (QED) is 0.763. The molecule has 0 N–H and O–H groups in total. The lowest BCUT2D eigenvalue weighted by molar-refractivity contribution is -0.127. The molecule has 0 aliphatic heterocycles. The van der Waals surface area contributed by atoms with E-state index in [1.54, 1.807) is 30.1 Å². The fourth-order valence-corrected chi connectivity index (χ4v) is 3.59.